The van der Waals surface area contributed by atoms with Crippen molar-refractivity contribution < 1.29 is 28.1 Å². The highest BCUT2D eigenvalue weighted by Gasteiger charge is 2.14. The van der Waals surface area contributed by atoms with Crippen molar-refractivity contribution in [2.24, 2.45) is 0 Å². The molecule has 0 aliphatic heterocycles. The van der Waals surface area contributed by atoms with Gasteiger partial charge in [-0.15, -0.1) is 0 Å². The molecule has 0 spiro atoms. The number of hydrogen-bond donors (Lipinski definition) is 0. The summed E-state index contributed by atoms with van der Waals surface area (Å²) in [5.41, 5.74) is -0.0251. The van der Waals surface area contributed by atoms with Crippen LogP contribution in [0.1, 0.15) is 50.7 Å². The summed E-state index contributed by atoms with van der Waals surface area (Å²) in [5, 5.41) is 0.108. The lowest BCUT2D eigenvalue weighted by molar-refractivity contribution is -0.416. The molecule has 8 nitrogen and oxygen atoms in total. The maximum absolute atomic E-state index is 12.3. The summed E-state index contributed by atoms with van der Waals surface area (Å²) in [6, 6.07) is 3.32. The van der Waals surface area contributed by atoms with Crippen LogP contribution in [0.4, 0.5) is 0 Å². The smallest absolute Gasteiger partial charge is 0.241 e. The van der Waals surface area contributed by atoms with E-state index in [0.717, 1.165) is 43.2 Å². The summed E-state index contributed by atoms with van der Waals surface area (Å²) < 4.78 is 24.8. The minimum Gasteiger partial charge on any atom is -0.241 e. The molecule has 0 N–H and O–H groups in total. The van der Waals surface area contributed by atoms with Crippen LogP contribution in [0.25, 0.3) is 10.8 Å². The molecule has 1 heterocycles. The largest absolute Gasteiger partial charge is 0.391 e. The van der Waals surface area contributed by atoms with Gasteiger partial charge in [0.25, 0.3) is 0 Å². The Labute approximate surface area is 136 Å². The maximum atomic E-state index is 12.3. The number of hydrogen-bond acceptors (Lipinski definition) is 8. The minimum atomic E-state index is -0.896. The zero-order valence-corrected chi connectivity index (χ0v) is 13.7. The highest BCUT2D eigenvalue weighted by Crippen LogP contribution is 2.21. The van der Waals surface area contributed by atoms with E-state index >= 15 is 0 Å². The summed E-state index contributed by atoms with van der Waals surface area (Å²) in [6.45, 7) is 4.13. The second-order valence-electron chi connectivity index (χ2n) is 5.35. The van der Waals surface area contributed by atoms with Crippen molar-refractivity contribution >= 4 is 10.8 Å². The first kappa shape index (κ1) is 17.7. The summed E-state index contributed by atoms with van der Waals surface area (Å²) in [7, 11) is 0. The van der Waals surface area contributed by atoms with Crippen molar-refractivity contribution in [2.45, 2.75) is 52.4 Å². The van der Waals surface area contributed by atoms with Crippen molar-refractivity contribution in [3.05, 3.63) is 44.1 Å². The van der Waals surface area contributed by atoms with Gasteiger partial charge in [-0.3, -0.25) is 0 Å². The van der Waals surface area contributed by atoms with Crippen LogP contribution >= 0.6 is 0 Å². The van der Waals surface area contributed by atoms with Crippen molar-refractivity contribution in [3.63, 3.8) is 0 Å². The first-order valence-corrected chi connectivity index (χ1v) is 7.93. The third-order valence-electron chi connectivity index (χ3n) is 3.72. The van der Waals surface area contributed by atoms with Crippen molar-refractivity contribution in [1.29, 1.82) is 0 Å². The van der Waals surface area contributed by atoms with Crippen LogP contribution in [0.15, 0.2) is 49.8 Å². The molecule has 24 heavy (non-hydrogen) atoms. The Morgan fingerprint density at radius 1 is 0.792 bits per heavy atom. The van der Waals surface area contributed by atoms with Gasteiger partial charge in [-0.2, -0.15) is 0 Å². The Morgan fingerprint density at radius 2 is 1.42 bits per heavy atom. The topological polar surface area (TPSA) is 113 Å². The van der Waals surface area contributed by atoms with Crippen LogP contribution in [-0.4, -0.2) is 0 Å². The van der Waals surface area contributed by atoms with Gasteiger partial charge in [0.1, 0.15) is 0 Å². The van der Waals surface area contributed by atoms with E-state index in [2.05, 4.69) is 35.0 Å². The standard InChI is InChI=1S/C16H20O8/c1-3-5-7-11-9-10-13-14(12(11)8-6-4-2)16(18)20-22-24-23-21-19-15(13)17/h9-10H,3-8H2,1-2H3. The molecule has 0 unspecified atom stereocenters. The van der Waals surface area contributed by atoms with E-state index in [1.54, 1.807) is 0 Å². The molecule has 0 bridgehead atoms. The Balaban J connectivity index is 2.87. The van der Waals surface area contributed by atoms with E-state index in [9.17, 15) is 9.59 Å². The average molecular weight is 340 g/mol. The molecular formula is C16H20O8. The maximum Gasteiger partial charge on any atom is 0.391 e. The monoisotopic (exact) mass is 340 g/mol. The third kappa shape index (κ3) is 4.21. The molecular weight excluding hydrogens is 320 g/mol. The fourth-order valence-corrected chi connectivity index (χ4v) is 2.53. The fraction of sp³-hybridized carbons (Fsp3) is 0.500. The molecule has 2 aromatic rings. The van der Waals surface area contributed by atoms with Gasteiger partial charge in [-0.25, -0.2) is 18.7 Å². The first-order chi connectivity index (χ1) is 11.7. The van der Waals surface area contributed by atoms with Crippen molar-refractivity contribution in [1.82, 2.24) is 0 Å². The molecule has 0 fully saturated rings. The second-order valence-corrected chi connectivity index (χ2v) is 5.35. The molecule has 0 saturated heterocycles. The number of rotatable bonds is 6. The number of unbranched alkanes of at least 4 members (excludes halogenated alkanes) is 2. The number of benzene rings is 1. The molecule has 8 heteroatoms. The lowest BCUT2D eigenvalue weighted by Crippen LogP contribution is -2.09. The average Bonchev–Trinajstić information content (AvgIpc) is 2.59. The van der Waals surface area contributed by atoms with Gasteiger partial charge in [0.05, 0.1) is 10.8 Å². The Kier molecular flexibility index (Phi) is 6.53. The minimum absolute atomic E-state index is 0.0143. The van der Waals surface area contributed by atoms with Crippen LogP contribution in [0.3, 0.4) is 0 Å². The van der Waals surface area contributed by atoms with E-state index in [1.165, 1.54) is 6.07 Å². The molecule has 1 aromatic heterocycles. The van der Waals surface area contributed by atoms with Gasteiger partial charge in [0, 0.05) is 0 Å². The van der Waals surface area contributed by atoms with E-state index in [-0.39, 0.29) is 10.8 Å². The number of fused-ring (bicyclic) bond motifs is 1. The predicted octanol–water partition coefficient (Wildman–Crippen LogP) is 4.05. The molecule has 132 valence electrons. The quantitative estimate of drug-likeness (QED) is 0.724. The molecule has 0 radical (unpaired) electrons. The van der Waals surface area contributed by atoms with Crippen molar-refractivity contribution in [2.75, 3.05) is 0 Å². The van der Waals surface area contributed by atoms with Crippen LogP contribution in [-0.2, 0) is 12.8 Å². The van der Waals surface area contributed by atoms with Crippen molar-refractivity contribution in [3.8, 4) is 0 Å². The van der Waals surface area contributed by atoms with Gasteiger partial charge in [-0.05, 0) is 61.8 Å². The van der Waals surface area contributed by atoms with E-state index < -0.39 is 11.3 Å². The van der Waals surface area contributed by atoms with E-state index in [0.29, 0.717) is 6.42 Å². The normalized spacial score (nSPS) is 10.6. The summed E-state index contributed by atoms with van der Waals surface area (Å²) >= 11 is 0. The molecule has 0 amide bonds. The lowest BCUT2D eigenvalue weighted by atomic mass is 9.94. The summed E-state index contributed by atoms with van der Waals surface area (Å²) in [6.07, 6.45) is 5.19. The zero-order valence-electron chi connectivity index (χ0n) is 13.7. The predicted molar refractivity (Wildman–Crippen MR) is 82.6 cm³/mol. The van der Waals surface area contributed by atoms with Gasteiger partial charge < -0.3 is 0 Å². The van der Waals surface area contributed by atoms with Gasteiger partial charge in [0.15, 0.2) is 0 Å². The fourth-order valence-electron chi connectivity index (χ4n) is 2.53. The molecule has 0 aliphatic rings. The summed E-state index contributed by atoms with van der Waals surface area (Å²) in [5.74, 6) is 0. The number of aryl methyl sites for hydroxylation is 2. The van der Waals surface area contributed by atoms with Gasteiger partial charge in [-0.1, -0.05) is 32.8 Å². The van der Waals surface area contributed by atoms with Gasteiger partial charge >= 0.3 is 11.3 Å². The summed E-state index contributed by atoms with van der Waals surface area (Å²) in [4.78, 5) is 24.4. The van der Waals surface area contributed by atoms with E-state index in [1.807, 2.05) is 13.0 Å². The van der Waals surface area contributed by atoms with Crippen LogP contribution in [0.5, 0.6) is 0 Å². The highest BCUT2D eigenvalue weighted by molar-refractivity contribution is 5.84. The molecule has 1 aromatic carbocycles. The third-order valence-corrected chi connectivity index (χ3v) is 3.72. The zero-order chi connectivity index (χ0) is 17.4. The second kappa shape index (κ2) is 8.85. The molecule has 0 saturated carbocycles. The first-order valence-electron chi connectivity index (χ1n) is 7.93. The Bertz CT molecular complexity index is 850. The van der Waals surface area contributed by atoms with E-state index in [4.69, 9.17) is 0 Å². The lowest BCUT2D eigenvalue weighted by Gasteiger charge is -2.10. The molecule has 2 rings (SSSR count). The highest BCUT2D eigenvalue weighted by atomic mass is 17.5. The van der Waals surface area contributed by atoms with Gasteiger partial charge in [0.2, 0.25) is 0 Å². The Morgan fingerprint density at radius 3 is 2.08 bits per heavy atom. The molecule has 0 aliphatic carbocycles. The van der Waals surface area contributed by atoms with Crippen LogP contribution < -0.4 is 11.3 Å². The van der Waals surface area contributed by atoms with Crippen LogP contribution in [0.2, 0.25) is 0 Å². The van der Waals surface area contributed by atoms with Crippen LogP contribution in [0, 0.1) is 0 Å². The molecule has 0 atom stereocenters. The SMILES string of the molecule is CCCCc1ccc2c(=O)ooooooc(=O)c2c1CCCC. The Hall–Kier alpha value is -2.64.